The van der Waals surface area contributed by atoms with Gasteiger partial charge in [0.2, 0.25) is 5.91 Å². The van der Waals surface area contributed by atoms with E-state index in [1.165, 1.54) is 36.4 Å². The number of alkyl halides is 3. The summed E-state index contributed by atoms with van der Waals surface area (Å²) >= 11 is 0. The van der Waals surface area contributed by atoms with Crippen LogP contribution in [0.15, 0.2) is 48.5 Å². The molecule has 2 N–H and O–H groups in total. The van der Waals surface area contributed by atoms with Crippen molar-refractivity contribution in [2.75, 3.05) is 10.2 Å². The van der Waals surface area contributed by atoms with Gasteiger partial charge in [-0.3, -0.25) is 9.59 Å². The average molecular weight is 378 g/mol. The molecule has 1 fully saturated rings. The molecular weight excluding hydrogens is 365 g/mol. The standard InChI is InChI=1S/C18H13F3N2O4/c19-18(20,21)12-3-1-2-4-14(12)23-15(24)9-13(16(23)25)22-11-7-5-10(6-8-11)17(26)27/h1-8,13,22H,9H2,(H,26,27)/t13-/m0/s1. The van der Waals surface area contributed by atoms with E-state index < -0.39 is 41.3 Å². The van der Waals surface area contributed by atoms with Crippen LogP contribution in [-0.4, -0.2) is 28.9 Å². The number of nitrogens with zero attached hydrogens (tertiary/aromatic N) is 1. The van der Waals surface area contributed by atoms with Gasteiger partial charge in [0.25, 0.3) is 5.91 Å². The summed E-state index contributed by atoms with van der Waals surface area (Å²) in [5.74, 6) is -2.68. The van der Waals surface area contributed by atoms with Crippen LogP contribution in [0.1, 0.15) is 22.3 Å². The first-order chi connectivity index (χ1) is 12.7. The summed E-state index contributed by atoms with van der Waals surface area (Å²) in [5, 5.41) is 11.6. The van der Waals surface area contributed by atoms with Crippen molar-refractivity contribution in [1.82, 2.24) is 0 Å². The highest BCUT2D eigenvalue weighted by atomic mass is 19.4. The number of hydrogen-bond donors (Lipinski definition) is 2. The van der Waals surface area contributed by atoms with Crippen LogP contribution in [0.3, 0.4) is 0 Å². The lowest BCUT2D eigenvalue weighted by Crippen LogP contribution is -2.36. The van der Waals surface area contributed by atoms with E-state index in [0.29, 0.717) is 10.6 Å². The number of aromatic carboxylic acids is 1. The number of para-hydroxylation sites is 1. The van der Waals surface area contributed by atoms with E-state index in [9.17, 15) is 27.6 Å². The van der Waals surface area contributed by atoms with Crippen molar-refractivity contribution >= 4 is 29.2 Å². The Morgan fingerprint density at radius 2 is 1.70 bits per heavy atom. The van der Waals surface area contributed by atoms with Gasteiger partial charge < -0.3 is 10.4 Å². The number of imide groups is 1. The Kier molecular flexibility index (Phi) is 4.61. The number of amides is 2. The Morgan fingerprint density at radius 3 is 2.30 bits per heavy atom. The molecular formula is C18H13F3N2O4. The van der Waals surface area contributed by atoms with E-state index in [2.05, 4.69) is 5.32 Å². The van der Waals surface area contributed by atoms with Gasteiger partial charge in [-0.2, -0.15) is 13.2 Å². The summed E-state index contributed by atoms with van der Waals surface area (Å²) < 4.78 is 39.6. The third-order valence-corrected chi connectivity index (χ3v) is 4.07. The summed E-state index contributed by atoms with van der Waals surface area (Å²) in [6, 6.07) is 8.76. The number of carbonyl (C=O) groups is 3. The second-order valence-electron chi connectivity index (χ2n) is 5.87. The molecule has 1 atom stereocenters. The quantitative estimate of drug-likeness (QED) is 0.799. The topological polar surface area (TPSA) is 86.7 Å². The van der Waals surface area contributed by atoms with Crippen molar-refractivity contribution in [2.45, 2.75) is 18.6 Å². The van der Waals surface area contributed by atoms with E-state index in [0.717, 1.165) is 12.1 Å². The minimum absolute atomic E-state index is 0.0371. The fourth-order valence-electron chi connectivity index (χ4n) is 2.82. The van der Waals surface area contributed by atoms with Gasteiger partial charge in [0, 0.05) is 5.69 Å². The number of anilines is 2. The van der Waals surface area contributed by atoms with Crippen molar-refractivity contribution in [2.24, 2.45) is 0 Å². The van der Waals surface area contributed by atoms with Crippen molar-refractivity contribution < 1.29 is 32.7 Å². The van der Waals surface area contributed by atoms with Crippen LogP contribution in [-0.2, 0) is 15.8 Å². The minimum Gasteiger partial charge on any atom is -0.478 e. The number of hydrogen-bond acceptors (Lipinski definition) is 4. The molecule has 0 radical (unpaired) electrons. The summed E-state index contributed by atoms with van der Waals surface area (Å²) in [7, 11) is 0. The highest BCUT2D eigenvalue weighted by Gasteiger charge is 2.44. The second-order valence-corrected chi connectivity index (χ2v) is 5.87. The molecule has 2 aromatic carbocycles. The Balaban J connectivity index is 1.85. The lowest BCUT2D eigenvalue weighted by atomic mass is 10.1. The third kappa shape index (κ3) is 3.62. The molecule has 1 aliphatic rings. The van der Waals surface area contributed by atoms with Gasteiger partial charge in [-0.25, -0.2) is 9.69 Å². The Bertz CT molecular complexity index is 910. The SMILES string of the molecule is O=C(O)c1ccc(N[C@H]2CC(=O)N(c3ccccc3C(F)(F)F)C2=O)cc1. The van der Waals surface area contributed by atoms with Gasteiger partial charge in [0.05, 0.1) is 23.2 Å². The summed E-state index contributed by atoms with van der Waals surface area (Å²) in [4.78, 5) is 36.2. The molecule has 1 aliphatic heterocycles. The molecule has 1 saturated heterocycles. The lowest BCUT2D eigenvalue weighted by molar-refractivity contribution is -0.137. The number of rotatable bonds is 4. The fraction of sp³-hybridized carbons (Fsp3) is 0.167. The molecule has 0 unspecified atom stereocenters. The van der Waals surface area contributed by atoms with Crippen LogP contribution in [0.25, 0.3) is 0 Å². The first-order valence-corrected chi connectivity index (χ1v) is 7.81. The number of carboxylic acid groups (broad SMARTS) is 1. The van der Waals surface area contributed by atoms with Gasteiger partial charge in [-0.15, -0.1) is 0 Å². The van der Waals surface area contributed by atoms with Gasteiger partial charge in [-0.05, 0) is 36.4 Å². The van der Waals surface area contributed by atoms with Gasteiger partial charge in [0.15, 0.2) is 0 Å². The van der Waals surface area contributed by atoms with Gasteiger partial charge in [0.1, 0.15) is 6.04 Å². The zero-order valence-corrected chi connectivity index (χ0v) is 13.7. The van der Waals surface area contributed by atoms with E-state index >= 15 is 0 Å². The Hall–Kier alpha value is -3.36. The maximum Gasteiger partial charge on any atom is 0.418 e. The third-order valence-electron chi connectivity index (χ3n) is 4.07. The number of carboxylic acids is 1. The summed E-state index contributed by atoms with van der Waals surface area (Å²) in [6.07, 6.45) is -5.03. The largest absolute Gasteiger partial charge is 0.478 e. The van der Waals surface area contributed by atoms with Crippen LogP contribution in [0.4, 0.5) is 24.5 Å². The summed E-state index contributed by atoms with van der Waals surface area (Å²) in [5.41, 5.74) is -1.17. The average Bonchev–Trinajstić information content (AvgIpc) is 2.88. The molecule has 0 aromatic heterocycles. The molecule has 2 amide bonds. The van der Waals surface area contributed by atoms with Gasteiger partial charge in [-0.1, -0.05) is 12.1 Å². The van der Waals surface area contributed by atoms with E-state index in [4.69, 9.17) is 5.11 Å². The zero-order chi connectivity index (χ0) is 19.8. The predicted octanol–water partition coefficient (Wildman–Crippen LogP) is 3.15. The minimum atomic E-state index is -4.71. The van der Waals surface area contributed by atoms with Crippen LogP contribution in [0.2, 0.25) is 0 Å². The second kappa shape index (κ2) is 6.75. The molecule has 3 rings (SSSR count). The summed E-state index contributed by atoms with van der Waals surface area (Å²) in [6.45, 7) is 0. The van der Waals surface area contributed by atoms with Crippen LogP contribution >= 0.6 is 0 Å². The molecule has 9 heteroatoms. The molecule has 6 nitrogen and oxygen atoms in total. The first kappa shape index (κ1) is 18.4. The Labute approximate surface area is 151 Å². The van der Waals surface area contributed by atoms with Crippen molar-refractivity contribution in [1.29, 1.82) is 0 Å². The van der Waals surface area contributed by atoms with E-state index in [-0.39, 0.29) is 12.0 Å². The van der Waals surface area contributed by atoms with Crippen LogP contribution in [0, 0.1) is 0 Å². The smallest absolute Gasteiger partial charge is 0.418 e. The normalized spacial score (nSPS) is 17.3. The number of nitrogens with one attached hydrogen (secondary N) is 1. The predicted molar refractivity (Wildman–Crippen MR) is 89.4 cm³/mol. The zero-order valence-electron chi connectivity index (χ0n) is 13.7. The van der Waals surface area contributed by atoms with Crippen LogP contribution < -0.4 is 10.2 Å². The molecule has 1 heterocycles. The molecule has 0 saturated carbocycles. The molecule has 0 bridgehead atoms. The molecule has 0 aliphatic carbocycles. The highest BCUT2D eigenvalue weighted by molar-refractivity contribution is 6.23. The molecule has 2 aromatic rings. The van der Waals surface area contributed by atoms with Crippen LogP contribution in [0.5, 0.6) is 0 Å². The number of benzene rings is 2. The first-order valence-electron chi connectivity index (χ1n) is 7.81. The molecule has 140 valence electrons. The van der Waals surface area contributed by atoms with Crippen molar-refractivity contribution in [3.8, 4) is 0 Å². The maximum absolute atomic E-state index is 13.2. The van der Waals surface area contributed by atoms with Crippen molar-refractivity contribution in [3.63, 3.8) is 0 Å². The fourth-order valence-corrected chi connectivity index (χ4v) is 2.82. The Morgan fingerprint density at radius 1 is 1.07 bits per heavy atom. The number of carbonyl (C=O) groups excluding carboxylic acids is 2. The van der Waals surface area contributed by atoms with E-state index in [1.54, 1.807) is 0 Å². The lowest BCUT2D eigenvalue weighted by Gasteiger charge is -2.20. The van der Waals surface area contributed by atoms with Crippen molar-refractivity contribution in [3.05, 3.63) is 59.7 Å². The molecule has 27 heavy (non-hydrogen) atoms. The van der Waals surface area contributed by atoms with Gasteiger partial charge >= 0.3 is 12.1 Å². The number of halogens is 3. The van der Waals surface area contributed by atoms with E-state index in [1.807, 2.05) is 0 Å². The molecule has 0 spiro atoms. The maximum atomic E-state index is 13.2. The highest BCUT2D eigenvalue weighted by Crippen LogP contribution is 2.38. The monoisotopic (exact) mass is 378 g/mol.